The average molecular weight is 289 g/mol. The standard InChI is InChI=1S/C17H27N3O/c1-2-14-5-3-7-16(11-14)19-17(21)13-20-10-4-6-15(12-20)8-9-18/h3,5,7,11,15H,2,4,6,8-10,12-13,18H2,1H3,(H,19,21). The topological polar surface area (TPSA) is 58.4 Å². The van der Waals surface area contributed by atoms with Crippen LogP contribution in [0.15, 0.2) is 24.3 Å². The van der Waals surface area contributed by atoms with E-state index < -0.39 is 0 Å². The molecule has 1 saturated heterocycles. The second-order valence-corrected chi connectivity index (χ2v) is 5.92. The Labute approximate surface area is 127 Å². The van der Waals surface area contributed by atoms with Crippen molar-refractivity contribution in [1.29, 1.82) is 0 Å². The summed E-state index contributed by atoms with van der Waals surface area (Å²) in [5.74, 6) is 0.733. The van der Waals surface area contributed by atoms with E-state index in [2.05, 4.69) is 23.2 Å². The van der Waals surface area contributed by atoms with Crippen LogP contribution in [0.5, 0.6) is 0 Å². The van der Waals surface area contributed by atoms with Gasteiger partial charge in [-0.3, -0.25) is 9.69 Å². The van der Waals surface area contributed by atoms with Gasteiger partial charge < -0.3 is 11.1 Å². The largest absolute Gasteiger partial charge is 0.330 e. The van der Waals surface area contributed by atoms with Gasteiger partial charge in [0.25, 0.3) is 0 Å². The van der Waals surface area contributed by atoms with Crippen LogP contribution in [-0.2, 0) is 11.2 Å². The molecule has 1 amide bonds. The summed E-state index contributed by atoms with van der Waals surface area (Å²) in [5, 5.41) is 3.01. The fraction of sp³-hybridized carbons (Fsp3) is 0.588. The third kappa shape index (κ3) is 5.14. The molecule has 0 aromatic heterocycles. The van der Waals surface area contributed by atoms with Gasteiger partial charge in [0, 0.05) is 12.2 Å². The molecule has 1 aliphatic heterocycles. The van der Waals surface area contributed by atoms with E-state index in [0.29, 0.717) is 12.5 Å². The van der Waals surface area contributed by atoms with E-state index in [1.165, 1.54) is 18.4 Å². The minimum absolute atomic E-state index is 0.0802. The molecule has 1 heterocycles. The maximum absolute atomic E-state index is 12.2. The first-order valence-electron chi connectivity index (χ1n) is 8.02. The Balaban J connectivity index is 1.83. The smallest absolute Gasteiger partial charge is 0.238 e. The van der Waals surface area contributed by atoms with Gasteiger partial charge in [0.1, 0.15) is 0 Å². The summed E-state index contributed by atoms with van der Waals surface area (Å²) in [4.78, 5) is 14.4. The predicted octanol–water partition coefficient (Wildman–Crippen LogP) is 2.25. The van der Waals surface area contributed by atoms with E-state index in [1.54, 1.807) is 0 Å². The molecular formula is C17H27N3O. The molecule has 116 valence electrons. The first kappa shape index (κ1) is 16.0. The van der Waals surface area contributed by atoms with Crippen LogP contribution in [-0.4, -0.2) is 37.0 Å². The molecule has 4 heteroatoms. The van der Waals surface area contributed by atoms with Crippen molar-refractivity contribution in [3.8, 4) is 0 Å². The Morgan fingerprint density at radius 1 is 1.48 bits per heavy atom. The highest BCUT2D eigenvalue weighted by Gasteiger charge is 2.20. The van der Waals surface area contributed by atoms with Crippen molar-refractivity contribution in [3.05, 3.63) is 29.8 Å². The summed E-state index contributed by atoms with van der Waals surface area (Å²) in [7, 11) is 0. The van der Waals surface area contributed by atoms with E-state index in [4.69, 9.17) is 5.73 Å². The Morgan fingerprint density at radius 3 is 3.10 bits per heavy atom. The first-order valence-corrected chi connectivity index (χ1v) is 8.02. The molecule has 3 N–H and O–H groups in total. The van der Waals surface area contributed by atoms with Crippen molar-refractivity contribution >= 4 is 11.6 Å². The second-order valence-electron chi connectivity index (χ2n) is 5.92. The van der Waals surface area contributed by atoms with Crippen molar-refractivity contribution in [2.75, 3.05) is 31.5 Å². The Bertz CT molecular complexity index is 459. The molecule has 0 saturated carbocycles. The van der Waals surface area contributed by atoms with Gasteiger partial charge in [-0.2, -0.15) is 0 Å². The maximum atomic E-state index is 12.2. The summed E-state index contributed by atoms with van der Waals surface area (Å²) < 4.78 is 0. The van der Waals surface area contributed by atoms with Crippen LogP contribution in [0.4, 0.5) is 5.69 Å². The highest BCUT2D eigenvalue weighted by Crippen LogP contribution is 2.19. The number of likely N-dealkylation sites (tertiary alicyclic amines) is 1. The molecule has 1 aromatic carbocycles. The zero-order valence-electron chi connectivity index (χ0n) is 13.0. The molecule has 1 aliphatic rings. The Morgan fingerprint density at radius 2 is 2.33 bits per heavy atom. The van der Waals surface area contributed by atoms with Crippen molar-refractivity contribution in [1.82, 2.24) is 4.90 Å². The molecule has 1 fully saturated rings. The molecule has 4 nitrogen and oxygen atoms in total. The number of aryl methyl sites for hydroxylation is 1. The Hall–Kier alpha value is -1.39. The number of benzene rings is 1. The fourth-order valence-electron chi connectivity index (χ4n) is 3.04. The van der Waals surface area contributed by atoms with Crippen LogP contribution in [0.25, 0.3) is 0 Å². The lowest BCUT2D eigenvalue weighted by Gasteiger charge is -2.32. The number of hydrogen-bond donors (Lipinski definition) is 2. The van der Waals surface area contributed by atoms with Gasteiger partial charge in [-0.25, -0.2) is 0 Å². The highest BCUT2D eigenvalue weighted by molar-refractivity contribution is 5.92. The molecule has 21 heavy (non-hydrogen) atoms. The SMILES string of the molecule is CCc1cccc(NC(=O)CN2CCCC(CCN)C2)c1. The molecule has 2 rings (SSSR count). The van der Waals surface area contributed by atoms with E-state index >= 15 is 0 Å². The normalized spacial score (nSPS) is 19.4. The maximum Gasteiger partial charge on any atom is 0.238 e. The van der Waals surface area contributed by atoms with Crippen molar-refractivity contribution in [3.63, 3.8) is 0 Å². The van der Waals surface area contributed by atoms with Gasteiger partial charge >= 0.3 is 0 Å². The van der Waals surface area contributed by atoms with E-state index in [1.807, 2.05) is 18.2 Å². The number of amides is 1. The first-order chi connectivity index (χ1) is 10.2. The molecule has 0 radical (unpaired) electrons. The lowest BCUT2D eigenvalue weighted by atomic mass is 9.95. The molecule has 0 aliphatic carbocycles. The minimum Gasteiger partial charge on any atom is -0.330 e. The predicted molar refractivity (Wildman–Crippen MR) is 87.3 cm³/mol. The van der Waals surface area contributed by atoms with Gasteiger partial charge in [-0.05, 0) is 62.4 Å². The summed E-state index contributed by atoms with van der Waals surface area (Å²) >= 11 is 0. The van der Waals surface area contributed by atoms with Gasteiger partial charge in [-0.1, -0.05) is 19.1 Å². The van der Waals surface area contributed by atoms with Crippen molar-refractivity contribution < 1.29 is 4.79 Å². The number of nitrogens with one attached hydrogen (secondary N) is 1. The lowest BCUT2D eigenvalue weighted by molar-refractivity contribution is -0.117. The summed E-state index contributed by atoms with van der Waals surface area (Å²) in [6.45, 7) is 5.36. The van der Waals surface area contributed by atoms with Crippen LogP contribution in [0.3, 0.4) is 0 Å². The summed E-state index contributed by atoms with van der Waals surface area (Å²) in [6.07, 6.45) is 4.46. The zero-order chi connectivity index (χ0) is 15.1. The number of nitrogens with two attached hydrogens (primary N) is 1. The lowest BCUT2D eigenvalue weighted by Crippen LogP contribution is -2.40. The van der Waals surface area contributed by atoms with Crippen LogP contribution >= 0.6 is 0 Å². The zero-order valence-corrected chi connectivity index (χ0v) is 13.0. The number of hydrogen-bond acceptors (Lipinski definition) is 3. The number of carbonyl (C=O) groups excluding carboxylic acids is 1. The van der Waals surface area contributed by atoms with Crippen LogP contribution in [0.1, 0.15) is 31.7 Å². The minimum atomic E-state index is 0.0802. The number of nitrogens with zero attached hydrogens (tertiary/aromatic N) is 1. The third-order valence-electron chi connectivity index (χ3n) is 4.16. The monoisotopic (exact) mass is 289 g/mol. The highest BCUT2D eigenvalue weighted by atomic mass is 16.2. The summed E-state index contributed by atoms with van der Waals surface area (Å²) in [5.41, 5.74) is 7.78. The summed E-state index contributed by atoms with van der Waals surface area (Å²) in [6, 6.07) is 8.07. The Kier molecular flexibility index (Phi) is 6.21. The molecule has 1 unspecified atom stereocenters. The van der Waals surface area contributed by atoms with E-state index in [9.17, 15) is 4.79 Å². The number of anilines is 1. The fourth-order valence-corrected chi connectivity index (χ4v) is 3.04. The second kappa shape index (κ2) is 8.15. The van der Waals surface area contributed by atoms with Crippen molar-refractivity contribution in [2.45, 2.75) is 32.6 Å². The average Bonchev–Trinajstić information content (AvgIpc) is 2.48. The van der Waals surface area contributed by atoms with Crippen LogP contribution in [0, 0.1) is 5.92 Å². The van der Waals surface area contributed by atoms with Gasteiger partial charge in [0.15, 0.2) is 0 Å². The molecule has 0 bridgehead atoms. The van der Waals surface area contributed by atoms with Crippen molar-refractivity contribution in [2.24, 2.45) is 11.7 Å². The molecule has 1 aromatic rings. The van der Waals surface area contributed by atoms with Crippen LogP contribution in [0.2, 0.25) is 0 Å². The number of carbonyl (C=O) groups is 1. The van der Waals surface area contributed by atoms with Gasteiger partial charge in [-0.15, -0.1) is 0 Å². The number of rotatable bonds is 6. The molecule has 1 atom stereocenters. The molecule has 0 spiro atoms. The number of piperidine rings is 1. The van der Waals surface area contributed by atoms with Gasteiger partial charge in [0.05, 0.1) is 6.54 Å². The third-order valence-corrected chi connectivity index (χ3v) is 4.16. The van der Waals surface area contributed by atoms with Crippen LogP contribution < -0.4 is 11.1 Å². The van der Waals surface area contributed by atoms with E-state index in [0.717, 1.165) is 38.2 Å². The molecular weight excluding hydrogens is 262 g/mol. The van der Waals surface area contributed by atoms with E-state index in [-0.39, 0.29) is 5.91 Å². The van der Waals surface area contributed by atoms with Gasteiger partial charge in [0.2, 0.25) is 5.91 Å². The quantitative estimate of drug-likeness (QED) is 0.844.